The zero-order valence-corrected chi connectivity index (χ0v) is 23.1. The molecule has 0 unspecified atom stereocenters. The van der Waals surface area contributed by atoms with Crippen molar-refractivity contribution in [2.45, 2.75) is 27.2 Å². The molecule has 1 aromatic heterocycles. The van der Waals surface area contributed by atoms with Crippen LogP contribution in [0.3, 0.4) is 0 Å². The van der Waals surface area contributed by atoms with E-state index >= 15 is 0 Å². The molecule has 1 N–H and O–H groups in total. The molecule has 40 heavy (non-hydrogen) atoms. The Morgan fingerprint density at radius 3 is 2.17 bits per heavy atom. The number of hydrogen-bond donors (Lipinski definition) is 1. The van der Waals surface area contributed by atoms with Crippen molar-refractivity contribution in [2.75, 3.05) is 26.1 Å². The van der Waals surface area contributed by atoms with Gasteiger partial charge in [0.25, 0.3) is 5.91 Å². The third kappa shape index (κ3) is 8.04. The van der Waals surface area contributed by atoms with Gasteiger partial charge in [-0.3, -0.25) is 14.4 Å². The third-order valence-corrected chi connectivity index (χ3v) is 5.67. The lowest BCUT2D eigenvalue weighted by molar-refractivity contribution is -0.144. The number of aromatic nitrogens is 1. The van der Waals surface area contributed by atoms with Crippen LogP contribution in [-0.4, -0.2) is 43.5 Å². The molecule has 9 nitrogen and oxygen atoms in total. The summed E-state index contributed by atoms with van der Waals surface area (Å²) >= 11 is 0. The summed E-state index contributed by atoms with van der Waals surface area (Å²) in [4.78, 5) is 39.3. The fraction of sp³-hybridized carbons (Fsp3) is 0.226. The molecule has 0 atom stereocenters. The Balaban J connectivity index is 0.000000336. The molecular weight excluding hydrogens is 512 g/mol. The van der Waals surface area contributed by atoms with Gasteiger partial charge in [0.1, 0.15) is 11.5 Å². The van der Waals surface area contributed by atoms with Crippen LogP contribution < -0.4 is 14.8 Å². The molecule has 9 heteroatoms. The number of anilines is 1. The minimum Gasteiger partial charge on any atom is -0.497 e. The van der Waals surface area contributed by atoms with Gasteiger partial charge in [-0.2, -0.15) is 0 Å². The average molecular weight is 545 g/mol. The average Bonchev–Trinajstić information content (AvgIpc) is 3.42. The molecule has 0 aliphatic carbocycles. The number of amides is 1. The second-order valence-corrected chi connectivity index (χ2v) is 8.58. The van der Waals surface area contributed by atoms with E-state index in [0.29, 0.717) is 29.3 Å². The number of Topliss-reactive ketones (excluding diaryl/α,β-unsaturated/α-hetero) is 1. The van der Waals surface area contributed by atoms with Gasteiger partial charge in [-0.05, 0) is 67.1 Å². The van der Waals surface area contributed by atoms with Gasteiger partial charge < -0.3 is 23.9 Å². The summed E-state index contributed by atoms with van der Waals surface area (Å²) in [7, 11) is 3.32. The van der Waals surface area contributed by atoms with Crippen LogP contribution in [-0.2, 0) is 14.3 Å². The summed E-state index contributed by atoms with van der Waals surface area (Å²) in [5.41, 5.74) is 3.33. The molecule has 0 saturated heterocycles. The Morgan fingerprint density at radius 2 is 1.60 bits per heavy atom. The van der Waals surface area contributed by atoms with Crippen molar-refractivity contribution >= 4 is 23.3 Å². The topological polar surface area (TPSA) is 117 Å². The number of aryl methyl sites for hydroxylation is 1. The first kappa shape index (κ1) is 29.6. The molecule has 4 aromatic rings. The number of oxazole rings is 1. The monoisotopic (exact) mass is 544 g/mol. The predicted molar refractivity (Wildman–Crippen MR) is 152 cm³/mol. The molecule has 1 amide bonds. The van der Waals surface area contributed by atoms with Crippen LogP contribution >= 0.6 is 0 Å². The second-order valence-electron chi connectivity index (χ2n) is 8.58. The summed E-state index contributed by atoms with van der Waals surface area (Å²) in [5.74, 6) is 1.42. The van der Waals surface area contributed by atoms with Crippen LogP contribution in [0.15, 0.2) is 77.2 Å². The second kappa shape index (κ2) is 14.3. The van der Waals surface area contributed by atoms with Gasteiger partial charge >= 0.3 is 5.97 Å². The maximum atomic E-state index is 12.4. The van der Waals surface area contributed by atoms with E-state index < -0.39 is 11.9 Å². The number of esters is 1. The van der Waals surface area contributed by atoms with Gasteiger partial charge in [-0.1, -0.05) is 25.1 Å². The van der Waals surface area contributed by atoms with E-state index in [1.165, 1.54) is 6.92 Å². The Kier molecular flexibility index (Phi) is 10.6. The Labute approximate surface area is 233 Å². The minimum atomic E-state index is -0.525. The predicted octanol–water partition coefficient (Wildman–Crippen LogP) is 6.12. The van der Waals surface area contributed by atoms with E-state index in [0.717, 1.165) is 22.6 Å². The number of ether oxygens (including phenoxy) is 3. The maximum Gasteiger partial charge on any atom is 0.303 e. The van der Waals surface area contributed by atoms with Crippen molar-refractivity contribution in [1.29, 1.82) is 0 Å². The molecule has 3 aromatic carbocycles. The fourth-order valence-corrected chi connectivity index (χ4v) is 3.62. The Hall–Kier alpha value is -4.92. The zero-order valence-electron chi connectivity index (χ0n) is 23.1. The molecule has 1 heterocycles. The van der Waals surface area contributed by atoms with Crippen molar-refractivity contribution in [3.05, 3.63) is 84.1 Å². The molecule has 0 radical (unpaired) electrons. The van der Waals surface area contributed by atoms with E-state index in [4.69, 9.17) is 13.9 Å². The molecule has 208 valence electrons. The van der Waals surface area contributed by atoms with Gasteiger partial charge in [0.15, 0.2) is 23.8 Å². The largest absolute Gasteiger partial charge is 0.497 e. The summed E-state index contributed by atoms with van der Waals surface area (Å²) in [6, 6.07) is 21.9. The van der Waals surface area contributed by atoms with Crippen molar-refractivity contribution in [1.82, 2.24) is 4.98 Å². The van der Waals surface area contributed by atoms with Gasteiger partial charge in [-0.15, -0.1) is 0 Å². The quantitative estimate of drug-likeness (QED) is 0.198. The summed E-state index contributed by atoms with van der Waals surface area (Å²) < 4.78 is 20.7. The SMILES string of the molecule is CCC(=O)c1nc(-c2ccccc2)oc1-c1ccc(NC(=O)COC(C)=O)cc1.COc1ccc(OC)c(C)c1. The lowest BCUT2D eigenvalue weighted by Gasteiger charge is -2.06. The van der Waals surface area contributed by atoms with Crippen molar-refractivity contribution < 1.29 is 33.0 Å². The molecule has 0 saturated carbocycles. The first-order valence-corrected chi connectivity index (χ1v) is 12.6. The highest BCUT2D eigenvalue weighted by Gasteiger charge is 2.21. The van der Waals surface area contributed by atoms with Crippen LogP contribution in [0.4, 0.5) is 5.69 Å². The summed E-state index contributed by atoms with van der Waals surface area (Å²) in [6.07, 6.45) is 0.304. The van der Waals surface area contributed by atoms with E-state index in [2.05, 4.69) is 15.0 Å². The van der Waals surface area contributed by atoms with Crippen molar-refractivity contribution in [3.8, 4) is 34.3 Å². The lowest BCUT2D eigenvalue weighted by Crippen LogP contribution is -2.19. The standard InChI is InChI=1S/C22H20N2O5.C9H12O2/c1-3-18(26)20-21(29-22(24-20)16-7-5-4-6-8-16)15-9-11-17(12-10-15)23-19(27)13-28-14(2)25;1-7-6-8(10-2)4-5-9(7)11-3/h4-12H,3,13H2,1-2H3,(H,23,27);4-6H,1-3H3. The van der Waals surface area contributed by atoms with E-state index in [-0.39, 0.29) is 18.1 Å². The molecule has 4 rings (SSSR count). The molecule has 0 aliphatic rings. The number of nitrogens with zero attached hydrogens (tertiary/aromatic N) is 1. The van der Waals surface area contributed by atoms with Gasteiger partial charge in [0.05, 0.1) is 14.2 Å². The first-order chi connectivity index (χ1) is 19.2. The highest BCUT2D eigenvalue weighted by molar-refractivity contribution is 6.00. The Bertz CT molecular complexity index is 1440. The maximum absolute atomic E-state index is 12.4. The third-order valence-electron chi connectivity index (χ3n) is 5.67. The van der Waals surface area contributed by atoms with Crippen molar-refractivity contribution in [2.24, 2.45) is 0 Å². The molecule has 0 spiro atoms. The Morgan fingerprint density at radius 1 is 0.900 bits per heavy atom. The number of benzene rings is 3. The molecule has 0 aliphatic heterocycles. The summed E-state index contributed by atoms with van der Waals surface area (Å²) in [6.45, 7) is 4.64. The van der Waals surface area contributed by atoms with Crippen LogP contribution in [0.5, 0.6) is 11.5 Å². The molecule has 0 bridgehead atoms. The van der Waals surface area contributed by atoms with Gasteiger partial charge in [-0.25, -0.2) is 4.98 Å². The van der Waals surface area contributed by atoms with Crippen LogP contribution in [0.2, 0.25) is 0 Å². The van der Waals surface area contributed by atoms with Gasteiger partial charge in [0.2, 0.25) is 5.89 Å². The van der Waals surface area contributed by atoms with Gasteiger partial charge in [0, 0.05) is 30.2 Å². The number of hydrogen-bond acceptors (Lipinski definition) is 8. The minimum absolute atomic E-state index is 0.121. The highest BCUT2D eigenvalue weighted by Crippen LogP contribution is 2.31. The van der Waals surface area contributed by atoms with E-state index in [1.54, 1.807) is 45.4 Å². The lowest BCUT2D eigenvalue weighted by atomic mass is 10.1. The number of carbonyl (C=O) groups excluding carboxylic acids is 3. The number of nitrogens with one attached hydrogen (secondary N) is 1. The number of methoxy groups -OCH3 is 2. The normalized spacial score (nSPS) is 10.1. The summed E-state index contributed by atoms with van der Waals surface area (Å²) in [5, 5.41) is 2.63. The number of rotatable bonds is 9. The zero-order chi connectivity index (χ0) is 29.1. The van der Waals surface area contributed by atoms with Crippen LogP contribution in [0, 0.1) is 6.92 Å². The molecule has 0 fully saturated rings. The number of ketones is 1. The van der Waals surface area contributed by atoms with Crippen LogP contribution in [0.1, 0.15) is 36.3 Å². The highest BCUT2D eigenvalue weighted by atomic mass is 16.5. The van der Waals surface area contributed by atoms with Crippen LogP contribution in [0.25, 0.3) is 22.8 Å². The number of carbonyl (C=O) groups is 3. The fourth-order valence-electron chi connectivity index (χ4n) is 3.62. The van der Waals surface area contributed by atoms with E-state index in [1.807, 2.05) is 55.5 Å². The first-order valence-electron chi connectivity index (χ1n) is 12.6. The van der Waals surface area contributed by atoms with Crippen molar-refractivity contribution in [3.63, 3.8) is 0 Å². The van der Waals surface area contributed by atoms with E-state index in [9.17, 15) is 14.4 Å². The smallest absolute Gasteiger partial charge is 0.303 e. The molecular formula is C31H32N2O7.